The van der Waals surface area contributed by atoms with E-state index in [2.05, 4.69) is 4.98 Å². The molecule has 2 aromatic carbocycles. The van der Waals surface area contributed by atoms with Crippen LogP contribution in [0.4, 0.5) is 0 Å². The van der Waals surface area contributed by atoms with E-state index < -0.39 is 12.1 Å². The Bertz CT molecular complexity index is 961. The highest BCUT2D eigenvalue weighted by molar-refractivity contribution is 5.86. The molecule has 0 aliphatic rings. The fourth-order valence-electron chi connectivity index (χ4n) is 2.78. The van der Waals surface area contributed by atoms with Crippen molar-refractivity contribution in [3.63, 3.8) is 0 Å². The Morgan fingerprint density at radius 3 is 2.52 bits per heavy atom. The van der Waals surface area contributed by atoms with E-state index >= 15 is 0 Å². The molecule has 128 valence electrons. The first-order chi connectivity index (χ1) is 12.1. The zero-order valence-corrected chi connectivity index (χ0v) is 14.1. The van der Waals surface area contributed by atoms with Gasteiger partial charge in [0, 0.05) is 12.8 Å². The summed E-state index contributed by atoms with van der Waals surface area (Å²) in [4.78, 5) is 27.2. The molecule has 0 radical (unpaired) electrons. The number of H-pyrrole nitrogens is 1. The van der Waals surface area contributed by atoms with Gasteiger partial charge in [-0.1, -0.05) is 36.4 Å². The minimum Gasteiger partial charge on any atom is -0.464 e. The smallest absolute Gasteiger partial charge is 0.340 e. The second-order valence-electron chi connectivity index (χ2n) is 5.59. The number of benzene rings is 2. The van der Waals surface area contributed by atoms with E-state index in [1.807, 2.05) is 42.5 Å². The van der Waals surface area contributed by atoms with E-state index in [0.29, 0.717) is 5.69 Å². The van der Waals surface area contributed by atoms with Crippen molar-refractivity contribution >= 4 is 16.7 Å². The van der Waals surface area contributed by atoms with Crippen molar-refractivity contribution in [2.24, 2.45) is 0 Å². The highest BCUT2D eigenvalue weighted by atomic mass is 16.6. The first kappa shape index (κ1) is 16.9. The van der Waals surface area contributed by atoms with E-state index in [1.165, 1.54) is 7.11 Å². The number of aromatic amines is 1. The van der Waals surface area contributed by atoms with E-state index in [-0.39, 0.29) is 17.7 Å². The maximum Gasteiger partial charge on any atom is 0.340 e. The number of fused-ring (bicyclic) bond motifs is 1. The quantitative estimate of drug-likeness (QED) is 0.724. The first-order valence-electron chi connectivity index (χ1n) is 8.06. The molecule has 0 saturated heterocycles. The average Bonchev–Trinajstić information content (AvgIpc) is 2.63. The molecule has 1 unspecified atom stereocenters. The standard InChI is InChI=1S/C20H19NO4/c1-3-25-20(23)18(24-2)16-10-11-17(21-19(16)22)15-9-8-13-6-4-5-7-14(13)12-15/h4-12,18H,3H2,1-2H3,(H,21,22). The van der Waals surface area contributed by atoms with Crippen molar-refractivity contribution in [3.05, 3.63) is 70.5 Å². The van der Waals surface area contributed by atoms with Gasteiger partial charge in [0.2, 0.25) is 0 Å². The molecule has 0 fully saturated rings. The highest BCUT2D eigenvalue weighted by Crippen LogP contribution is 2.23. The van der Waals surface area contributed by atoms with Gasteiger partial charge in [-0.05, 0) is 41.5 Å². The topological polar surface area (TPSA) is 68.4 Å². The molecule has 5 nitrogen and oxygen atoms in total. The SMILES string of the molecule is CCOC(=O)C(OC)c1ccc(-c2ccc3ccccc3c2)[nH]c1=O. The highest BCUT2D eigenvalue weighted by Gasteiger charge is 2.24. The van der Waals surface area contributed by atoms with Gasteiger partial charge in [-0.2, -0.15) is 0 Å². The van der Waals surface area contributed by atoms with Crippen LogP contribution in [-0.2, 0) is 14.3 Å². The zero-order chi connectivity index (χ0) is 17.8. The molecule has 0 bridgehead atoms. The zero-order valence-electron chi connectivity index (χ0n) is 14.1. The molecule has 0 saturated carbocycles. The van der Waals surface area contributed by atoms with E-state index in [0.717, 1.165) is 16.3 Å². The lowest BCUT2D eigenvalue weighted by Crippen LogP contribution is -2.25. The molecule has 0 aliphatic heterocycles. The Morgan fingerprint density at radius 1 is 1.08 bits per heavy atom. The van der Waals surface area contributed by atoms with Gasteiger partial charge in [0.15, 0.2) is 6.10 Å². The molecule has 5 heteroatoms. The largest absolute Gasteiger partial charge is 0.464 e. The van der Waals surface area contributed by atoms with Crippen molar-refractivity contribution < 1.29 is 14.3 Å². The third-order valence-electron chi connectivity index (χ3n) is 4.02. The maximum absolute atomic E-state index is 12.4. The number of aromatic nitrogens is 1. The number of esters is 1. The second-order valence-corrected chi connectivity index (χ2v) is 5.59. The van der Waals surface area contributed by atoms with Gasteiger partial charge in [-0.15, -0.1) is 0 Å². The molecule has 3 aromatic rings. The molecule has 0 aliphatic carbocycles. The molecular formula is C20H19NO4. The lowest BCUT2D eigenvalue weighted by molar-refractivity contribution is -0.155. The van der Waals surface area contributed by atoms with Crippen LogP contribution in [0.2, 0.25) is 0 Å². The van der Waals surface area contributed by atoms with Crippen LogP contribution in [0.1, 0.15) is 18.6 Å². The van der Waals surface area contributed by atoms with E-state index in [9.17, 15) is 9.59 Å². The Labute approximate surface area is 145 Å². The van der Waals surface area contributed by atoms with Crippen molar-refractivity contribution in [2.45, 2.75) is 13.0 Å². The molecule has 1 N–H and O–H groups in total. The van der Waals surface area contributed by atoms with Gasteiger partial charge < -0.3 is 14.5 Å². The molecule has 1 aromatic heterocycles. The van der Waals surface area contributed by atoms with Crippen molar-refractivity contribution in [1.82, 2.24) is 4.98 Å². The number of hydrogen-bond donors (Lipinski definition) is 1. The first-order valence-corrected chi connectivity index (χ1v) is 8.06. The van der Waals surface area contributed by atoms with Crippen LogP contribution in [-0.4, -0.2) is 24.7 Å². The van der Waals surface area contributed by atoms with Crippen LogP contribution in [0.5, 0.6) is 0 Å². The minimum absolute atomic E-state index is 0.227. The number of hydrogen-bond acceptors (Lipinski definition) is 4. The monoisotopic (exact) mass is 337 g/mol. The van der Waals surface area contributed by atoms with Crippen LogP contribution in [0, 0.1) is 0 Å². The van der Waals surface area contributed by atoms with Crippen LogP contribution in [0.15, 0.2) is 59.4 Å². The number of methoxy groups -OCH3 is 1. The predicted octanol–water partition coefficient (Wildman–Crippen LogP) is 3.45. The fourth-order valence-corrected chi connectivity index (χ4v) is 2.78. The summed E-state index contributed by atoms with van der Waals surface area (Å²) in [7, 11) is 1.37. The summed E-state index contributed by atoms with van der Waals surface area (Å²) >= 11 is 0. The third-order valence-corrected chi connectivity index (χ3v) is 4.02. The maximum atomic E-state index is 12.4. The van der Waals surface area contributed by atoms with Gasteiger partial charge in [0.1, 0.15) is 0 Å². The van der Waals surface area contributed by atoms with Crippen LogP contribution in [0.25, 0.3) is 22.0 Å². The lowest BCUT2D eigenvalue weighted by Gasteiger charge is -2.14. The minimum atomic E-state index is -1.03. The lowest BCUT2D eigenvalue weighted by atomic mass is 10.0. The summed E-state index contributed by atoms with van der Waals surface area (Å²) in [6.07, 6.45) is -1.03. The molecular weight excluding hydrogens is 318 g/mol. The number of ether oxygens (including phenoxy) is 2. The molecule has 1 heterocycles. The number of carbonyl (C=O) groups is 1. The van der Waals surface area contributed by atoms with Crippen LogP contribution < -0.4 is 5.56 Å². The summed E-state index contributed by atoms with van der Waals surface area (Å²) in [5, 5.41) is 2.22. The van der Waals surface area contributed by atoms with Crippen molar-refractivity contribution in [3.8, 4) is 11.3 Å². The molecule has 0 spiro atoms. The van der Waals surface area contributed by atoms with Crippen molar-refractivity contribution in [1.29, 1.82) is 0 Å². The summed E-state index contributed by atoms with van der Waals surface area (Å²) in [6, 6.07) is 17.4. The Balaban J connectivity index is 1.98. The Hall–Kier alpha value is -2.92. The molecule has 25 heavy (non-hydrogen) atoms. The molecule has 0 amide bonds. The van der Waals surface area contributed by atoms with Gasteiger partial charge in [0.25, 0.3) is 5.56 Å². The van der Waals surface area contributed by atoms with Gasteiger partial charge in [0.05, 0.1) is 12.2 Å². The van der Waals surface area contributed by atoms with Gasteiger partial charge >= 0.3 is 5.97 Å². The fraction of sp³-hybridized carbons (Fsp3) is 0.200. The number of nitrogens with one attached hydrogen (secondary N) is 1. The Morgan fingerprint density at radius 2 is 1.84 bits per heavy atom. The van der Waals surface area contributed by atoms with Crippen LogP contribution in [0.3, 0.4) is 0 Å². The summed E-state index contributed by atoms with van der Waals surface area (Å²) < 4.78 is 10.1. The summed E-state index contributed by atoms with van der Waals surface area (Å²) in [6.45, 7) is 1.93. The predicted molar refractivity (Wildman–Crippen MR) is 96.4 cm³/mol. The van der Waals surface area contributed by atoms with Crippen molar-refractivity contribution in [2.75, 3.05) is 13.7 Å². The summed E-state index contributed by atoms with van der Waals surface area (Å²) in [5.41, 5.74) is 1.43. The van der Waals surface area contributed by atoms with Gasteiger partial charge in [-0.3, -0.25) is 4.79 Å². The molecule has 3 rings (SSSR count). The average molecular weight is 337 g/mol. The van der Waals surface area contributed by atoms with E-state index in [4.69, 9.17) is 9.47 Å². The second kappa shape index (κ2) is 7.32. The normalized spacial score (nSPS) is 12.1. The Kier molecular flexibility index (Phi) is 4.95. The number of pyridine rings is 1. The van der Waals surface area contributed by atoms with Crippen LogP contribution >= 0.6 is 0 Å². The number of rotatable bonds is 5. The molecule has 1 atom stereocenters. The number of carbonyl (C=O) groups excluding carboxylic acids is 1. The summed E-state index contributed by atoms with van der Waals surface area (Å²) in [5.74, 6) is -0.575. The third kappa shape index (κ3) is 3.46. The van der Waals surface area contributed by atoms with E-state index in [1.54, 1.807) is 19.1 Å². The van der Waals surface area contributed by atoms with Gasteiger partial charge in [-0.25, -0.2) is 4.79 Å².